The van der Waals surface area contributed by atoms with Crippen molar-refractivity contribution in [3.05, 3.63) is 64.8 Å². The van der Waals surface area contributed by atoms with Gasteiger partial charge >= 0.3 is 0 Å². The Morgan fingerprint density at radius 1 is 1.12 bits per heavy atom. The average Bonchev–Trinajstić information content (AvgIpc) is 2.96. The van der Waals surface area contributed by atoms with Crippen LogP contribution in [0.4, 0.5) is 0 Å². The number of fused-ring (bicyclic) bond motifs is 1. The molecular formula is C21H24N2O2. The summed E-state index contributed by atoms with van der Waals surface area (Å²) in [6.45, 7) is 7.13. The van der Waals surface area contributed by atoms with Gasteiger partial charge in [0.15, 0.2) is 0 Å². The van der Waals surface area contributed by atoms with Gasteiger partial charge in [-0.15, -0.1) is 0 Å². The fraction of sp³-hybridized carbons (Fsp3) is 0.286. The van der Waals surface area contributed by atoms with Crippen molar-refractivity contribution in [3.63, 3.8) is 0 Å². The molecule has 0 aliphatic rings. The van der Waals surface area contributed by atoms with Gasteiger partial charge in [0.2, 0.25) is 5.91 Å². The van der Waals surface area contributed by atoms with Gasteiger partial charge in [-0.2, -0.15) is 0 Å². The van der Waals surface area contributed by atoms with Gasteiger partial charge < -0.3 is 15.0 Å². The number of hydrogen-bond donors (Lipinski definition) is 2. The van der Waals surface area contributed by atoms with Crippen LogP contribution < -0.4 is 10.1 Å². The van der Waals surface area contributed by atoms with E-state index in [9.17, 15) is 4.79 Å². The Labute approximate surface area is 148 Å². The summed E-state index contributed by atoms with van der Waals surface area (Å²) in [7, 11) is 0. The molecule has 130 valence electrons. The summed E-state index contributed by atoms with van der Waals surface area (Å²) in [6.07, 6.45) is 2.27. The van der Waals surface area contributed by atoms with Crippen molar-refractivity contribution in [1.29, 1.82) is 0 Å². The third-order valence-corrected chi connectivity index (χ3v) is 4.30. The van der Waals surface area contributed by atoms with Crippen molar-refractivity contribution in [2.75, 3.05) is 13.2 Å². The molecule has 1 heterocycles. The van der Waals surface area contributed by atoms with Crippen LogP contribution in [0.5, 0.6) is 5.75 Å². The third-order valence-electron chi connectivity index (χ3n) is 4.30. The van der Waals surface area contributed by atoms with Gasteiger partial charge in [0.05, 0.1) is 13.0 Å². The maximum Gasteiger partial charge on any atom is 0.224 e. The van der Waals surface area contributed by atoms with E-state index in [-0.39, 0.29) is 5.91 Å². The largest absolute Gasteiger partial charge is 0.491 e. The molecule has 1 amide bonds. The van der Waals surface area contributed by atoms with Crippen LogP contribution in [0, 0.1) is 20.8 Å². The fourth-order valence-electron chi connectivity index (χ4n) is 3.25. The molecule has 0 unspecified atom stereocenters. The molecule has 0 bridgehead atoms. The number of carbonyl (C=O) groups excluding carboxylic acids is 1. The summed E-state index contributed by atoms with van der Waals surface area (Å²) in [5, 5.41) is 4.03. The van der Waals surface area contributed by atoms with E-state index in [4.69, 9.17) is 4.74 Å². The molecule has 0 radical (unpaired) electrons. The van der Waals surface area contributed by atoms with Crippen molar-refractivity contribution in [3.8, 4) is 5.75 Å². The Hall–Kier alpha value is -2.75. The summed E-state index contributed by atoms with van der Waals surface area (Å²) in [6, 6.07) is 12.2. The Morgan fingerprint density at radius 3 is 2.60 bits per heavy atom. The molecule has 0 atom stereocenters. The molecule has 0 aliphatic heterocycles. The molecule has 4 heteroatoms. The molecule has 0 saturated heterocycles. The molecule has 0 fully saturated rings. The zero-order valence-electron chi connectivity index (χ0n) is 15.0. The molecule has 25 heavy (non-hydrogen) atoms. The normalized spacial score (nSPS) is 10.8. The number of ether oxygens (including phenoxy) is 1. The predicted octanol–water partition coefficient (Wildman–Crippen LogP) is 3.83. The van der Waals surface area contributed by atoms with Crippen molar-refractivity contribution in [2.45, 2.75) is 27.2 Å². The Kier molecular flexibility index (Phi) is 5.08. The number of H-pyrrole nitrogens is 1. The Balaban J connectivity index is 1.50. The number of amides is 1. The van der Waals surface area contributed by atoms with Crippen LogP contribution in [0.25, 0.3) is 10.9 Å². The van der Waals surface area contributed by atoms with E-state index < -0.39 is 0 Å². The minimum absolute atomic E-state index is 0.00528. The lowest BCUT2D eigenvalue weighted by Gasteiger charge is -2.13. The number of aromatic nitrogens is 1. The van der Waals surface area contributed by atoms with Gasteiger partial charge in [-0.05, 0) is 43.5 Å². The van der Waals surface area contributed by atoms with Crippen molar-refractivity contribution < 1.29 is 9.53 Å². The molecule has 0 spiro atoms. The SMILES string of the molecule is Cc1cc(C)c(OCCNC(=O)Cc2c[nH]c3ccccc23)c(C)c1. The maximum atomic E-state index is 12.2. The zero-order chi connectivity index (χ0) is 17.8. The van der Waals surface area contributed by atoms with Crippen LogP contribution >= 0.6 is 0 Å². The van der Waals surface area contributed by atoms with Crippen molar-refractivity contribution in [1.82, 2.24) is 10.3 Å². The molecule has 0 saturated carbocycles. The molecule has 1 aromatic heterocycles. The molecular weight excluding hydrogens is 312 g/mol. The van der Waals surface area contributed by atoms with E-state index in [2.05, 4.69) is 29.4 Å². The van der Waals surface area contributed by atoms with E-state index in [1.807, 2.05) is 44.3 Å². The number of benzene rings is 2. The second kappa shape index (κ2) is 7.43. The number of para-hydroxylation sites is 1. The minimum atomic E-state index is 0.00528. The first-order valence-corrected chi connectivity index (χ1v) is 8.57. The molecule has 3 rings (SSSR count). The monoisotopic (exact) mass is 336 g/mol. The number of aromatic amines is 1. The van der Waals surface area contributed by atoms with E-state index in [1.54, 1.807) is 0 Å². The quantitative estimate of drug-likeness (QED) is 0.672. The lowest BCUT2D eigenvalue weighted by atomic mass is 10.1. The van der Waals surface area contributed by atoms with E-state index >= 15 is 0 Å². The van der Waals surface area contributed by atoms with Gasteiger partial charge in [-0.3, -0.25) is 4.79 Å². The number of aryl methyl sites for hydroxylation is 3. The number of hydrogen-bond acceptors (Lipinski definition) is 2. The summed E-state index contributed by atoms with van der Waals surface area (Å²) in [5.74, 6) is 0.919. The minimum Gasteiger partial charge on any atom is -0.491 e. The van der Waals surface area contributed by atoms with Crippen molar-refractivity contribution in [2.24, 2.45) is 0 Å². The molecule has 0 aliphatic carbocycles. The van der Waals surface area contributed by atoms with Crippen LogP contribution in [0.3, 0.4) is 0 Å². The second-order valence-corrected chi connectivity index (χ2v) is 6.46. The van der Waals surface area contributed by atoms with Crippen molar-refractivity contribution >= 4 is 16.8 Å². The first-order valence-electron chi connectivity index (χ1n) is 8.57. The fourth-order valence-corrected chi connectivity index (χ4v) is 3.25. The van der Waals surface area contributed by atoms with E-state index in [0.29, 0.717) is 19.6 Å². The molecule has 2 N–H and O–H groups in total. The number of nitrogens with one attached hydrogen (secondary N) is 2. The van der Waals surface area contributed by atoms with Gasteiger partial charge in [0, 0.05) is 17.1 Å². The molecule has 2 aromatic carbocycles. The summed E-state index contributed by atoms with van der Waals surface area (Å²) in [4.78, 5) is 15.4. The van der Waals surface area contributed by atoms with Crippen LogP contribution in [-0.2, 0) is 11.2 Å². The zero-order valence-corrected chi connectivity index (χ0v) is 15.0. The highest BCUT2D eigenvalue weighted by atomic mass is 16.5. The molecule has 4 nitrogen and oxygen atoms in total. The molecule has 3 aromatic rings. The second-order valence-electron chi connectivity index (χ2n) is 6.46. The van der Waals surface area contributed by atoms with Gasteiger partial charge in [-0.25, -0.2) is 0 Å². The highest BCUT2D eigenvalue weighted by Gasteiger charge is 2.09. The number of carbonyl (C=O) groups is 1. The summed E-state index contributed by atoms with van der Waals surface area (Å²) >= 11 is 0. The highest BCUT2D eigenvalue weighted by molar-refractivity contribution is 5.88. The predicted molar refractivity (Wildman–Crippen MR) is 101 cm³/mol. The van der Waals surface area contributed by atoms with Gasteiger partial charge in [0.25, 0.3) is 0 Å². The summed E-state index contributed by atoms with van der Waals surface area (Å²) < 4.78 is 5.86. The van der Waals surface area contributed by atoms with Crippen LogP contribution in [0.2, 0.25) is 0 Å². The van der Waals surface area contributed by atoms with Gasteiger partial charge in [-0.1, -0.05) is 35.9 Å². The first-order chi connectivity index (χ1) is 12.0. The standard InChI is InChI=1S/C21H24N2O2/c1-14-10-15(2)21(16(3)11-14)25-9-8-22-20(24)12-17-13-23-19-7-5-4-6-18(17)19/h4-7,10-11,13,23H,8-9,12H2,1-3H3,(H,22,24). The van der Waals surface area contributed by atoms with Crippen LogP contribution in [0.1, 0.15) is 22.3 Å². The van der Waals surface area contributed by atoms with E-state index in [0.717, 1.165) is 33.3 Å². The maximum absolute atomic E-state index is 12.2. The first kappa shape index (κ1) is 17.1. The topological polar surface area (TPSA) is 54.1 Å². The van der Waals surface area contributed by atoms with E-state index in [1.165, 1.54) is 5.56 Å². The average molecular weight is 336 g/mol. The third kappa shape index (κ3) is 4.02. The highest BCUT2D eigenvalue weighted by Crippen LogP contribution is 2.24. The number of rotatable bonds is 6. The smallest absolute Gasteiger partial charge is 0.224 e. The Morgan fingerprint density at radius 2 is 1.84 bits per heavy atom. The lowest BCUT2D eigenvalue weighted by Crippen LogP contribution is -2.29. The van der Waals surface area contributed by atoms with Crippen LogP contribution in [0.15, 0.2) is 42.6 Å². The lowest BCUT2D eigenvalue weighted by molar-refractivity contribution is -0.120. The van der Waals surface area contributed by atoms with Crippen LogP contribution in [-0.4, -0.2) is 24.0 Å². The Bertz CT molecular complexity index is 873. The van der Waals surface area contributed by atoms with Gasteiger partial charge in [0.1, 0.15) is 12.4 Å². The summed E-state index contributed by atoms with van der Waals surface area (Å²) in [5.41, 5.74) is 5.55.